The molecular formula is C31H20N2O2S. The van der Waals surface area contributed by atoms with Crippen molar-refractivity contribution in [3.63, 3.8) is 0 Å². The van der Waals surface area contributed by atoms with Gasteiger partial charge in [-0.15, -0.1) is 0 Å². The van der Waals surface area contributed by atoms with Crippen LogP contribution in [0.25, 0.3) is 10.8 Å². The number of fused-ring (bicyclic) bond motifs is 4. The Labute approximate surface area is 212 Å². The van der Waals surface area contributed by atoms with Gasteiger partial charge in [0.1, 0.15) is 0 Å². The van der Waals surface area contributed by atoms with Gasteiger partial charge in [-0.3, -0.25) is 9.59 Å². The van der Waals surface area contributed by atoms with Crippen LogP contribution in [0.5, 0.6) is 0 Å². The van der Waals surface area contributed by atoms with Crippen LogP contribution < -0.4 is 9.80 Å². The maximum absolute atomic E-state index is 13.2. The number of anilines is 4. The second-order valence-corrected chi connectivity index (χ2v) is 10.1. The third kappa shape index (κ3) is 3.03. The third-order valence-corrected chi connectivity index (χ3v) is 8.01. The second kappa shape index (κ2) is 7.83. The van der Waals surface area contributed by atoms with Crippen LogP contribution in [0.4, 0.5) is 22.7 Å². The van der Waals surface area contributed by atoms with Gasteiger partial charge >= 0.3 is 0 Å². The fourth-order valence-electron chi connectivity index (χ4n) is 5.17. The quantitative estimate of drug-likeness (QED) is 0.234. The molecule has 5 aromatic carbocycles. The van der Waals surface area contributed by atoms with Crippen molar-refractivity contribution in [2.75, 3.05) is 9.80 Å². The van der Waals surface area contributed by atoms with Gasteiger partial charge < -0.3 is 4.90 Å². The van der Waals surface area contributed by atoms with E-state index < -0.39 is 0 Å². The maximum atomic E-state index is 13.2. The van der Waals surface area contributed by atoms with E-state index in [-0.39, 0.29) is 11.8 Å². The Kier molecular flexibility index (Phi) is 4.56. The lowest BCUT2D eigenvalue weighted by Gasteiger charge is -2.33. The fraction of sp³-hybridized carbons (Fsp3) is 0.0323. The minimum absolute atomic E-state index is 0.261. The number of amides is 2. The molecule has 0 fully saturated rings. The van der Waals surface area contributed by atoms with Gasteiger partial charge in [0.25, 0.3) is 11.8 Å². The van der Waals surface area contributed by atoms with Crippen molar-refractivity contribution in [2.45, 2.75) is 16.7 Å². The Hall–Kier alpha value is -4.35. The summed E-state index contributed by atoms with van der Waals surface area (Å²) in [5.41, 5.74) is 5.74. The molecule has 0 atom stereocenters. The Morgan fingerprint density at radius 1 is 0.583 bits per heavy atom. The van der Waals surface area contributed by atoms with Crippen LogP contribution in [0.3, 0.4) is 0 Å². The van der Waals surface area contributed by atoms with E-state index in [1.54, 1.807) is 17.8 Å². The molecule has 5 heteroatoms. The van der Waals surface area contributed by atoms with Gasteiger partial charge in [0.15, 0.2) is 0 Å². The number of carbonyl (C=O) groups excluding carboxylic acids is 2. The number of imide groups is 1. The highest BCUT2D eigenvalue weighted by Gasteiger charge is 2.37. The van der Waals surface area contributed by atoms with Crippen molar-refractivity contribution in [2.24, 2.45) is 0 Å². The zero-order valence-electron chi connectivity index (χ0n) is 19.4. The first-order valence-electron chi connectivity index (χ1n) is 11.8. The number of benzene rings is 5. The highest BCUT2D eigenvalue weighted by atomic mass is 32.2. The molecule has 2 heterocycles. The van der Waals surface area contributed by atoms with Gasteiger partial charge in [-0.2, -0.15) is 0 Å². The molecule has 0 radical (unpaired) electrons. The van der Waals surface area contributed by atoms with E-state index >= 15 is 0 Å². The van der Waals surface area contributed by atoms with Gasteiger partial charge in [-0.1, -0.05) is 60.3 Å². The molecule has 172 valence electrons. The minimum Gasteiger partial charge on any atom is -0.308 e. The van der Waals surface area contributed by atoms with E-state index in [0.29, 0.717) is 16.8 Å². The summed E-state index contributed by atoms with van der Waals surface area (Å²) in [7, 11) is 0. The topological polar surface area (TPSA) is 40.6 Å². The molecule has 0 spiro atoms. The lowest BCUT2D eigenvalue weighted by Crippen LogP contribution is -2.29. The van der Waals surface area contributed by atoms with Crippen LogP contribution >= 0.6 is 11.8 Å². The van der Waals surface area contributed by atoms with Crippen LogP contribution in [0, 0.1) is 6.92 Å². The smallest absolute Gasteiger partial charge is 0.266 e. The number of carbonyl (C=O) groups is 2. The average molecular weight is 485 g/mol. The van der Waals surface area contributed by atoms with E-state index in [1.807, 2.05) is 37.3 Å². The first kappa shape index (κ1) is 21.0. The Morgan fingerprint density at radius 3 is 1.78 bits per heavy atom. The molecule has 0 aromatic heterocycles. The first-order chi connectivity index (χ1) is 17.6. The summed E-state index contributed by atoms with van der Waals surface area (Å²) in [6.45, 7) is 1.87. The van der Waals surface area contributed by atoms with Crippen molar-refractivity contribution in [3.8, 4) is 0 Å². The number of aryl methyl sites for hydroxylation is 1. The molecule has 4 nitrogen and oxygen atoms in total. The summed E-state index contributed by atoms with van der Waals surface area (Å²) in [4.78, 5) is 32.3. The Bertz CT molecular complexity index is 1700. The van der Waals surface area contributed by atoms with Crippen molar-refractivity contribution in [3.05, 3.63) is 120 Å². The number of nitrogens with zero attached hydrogens (tertiary/aromatic N) is 2. The molecule has 5 aromatic rings. The molecular weight excluding hydrogens is 464 g/mol. The molecule has 0 N–H and O–H groups in total. The van der Waals surface area contributed by atoms with E-state index in [1.165, 1.54) is 14.7 Å². The standard InChI is InChI=1S/C31H20N2O2S/c1-19-7-6-8-24-29(19)31(35)33(30(24)34)23-16-14-20-17-22(15-13-21(20)18-23)32-25-9-2-4-11-27(25)36-28-12-5-3-10-26(28)32/h2-18H,1H3. The fourth-order valence-corrected chi connectivity index (χ4v) is 6.23. The third-order valence-electron chi connectivity index (χ3n) is 6.88. The highest BCUT2D eigenvalue weighted by Crippen LogP contribution is 2.51. The number of para-hydroxylation sites is 2. The molecule has 2 amide bonds. The van der Waals surface area contributed by atoms with Gasteiger partial charge in [0, 0.05) is 15.5 Å². The molecule has 0 saturated carbocycles. The molecule has 0 bridgehead atoms. The maximum Gasteiger partial charge on any atom is 0.266 e. The van der Waals surface area contributed by atoms with Gasteiger partial charge in [-0.25, -0.2) is 4.90 Å². The van der Waals surface area contributed by atoms with Crippen molar-refractivity contribution in [1.82, 2.24) is 0 Å². The average Bonchev–Trinajstić information content (AvgIpc) is 3.17. The summed E-state index contributed by atoms with van der Waals surface area (Å²) < 4.78 is 0. The molecule has 7 rings (SSSR count). The molecule has 0 unspecified atom stereocenters. The van der Waals surface area contributed by atoms with Crippen LogP contribution in [-0.2, 0) is 0 Å². The number of rotatable bonds is 2. The van der Waals surface area contributed by atoms with Crippen LogP contribution in [-0.4, -0.2) is 11.8 Å². The Balaban J connectivity index is 1.31. The van der Waals surface area contributed by atoms with Crippen molar-refractivity contribution >= 4 is 57.1 Å². The molecule has 0 saturated heterocycles. The van der Waals surface area contributed by atoms with E-state index in [9.17, 15) is 9.59 Å². The van der Waals surface area contributed by atoms with Gasteiger partial charge in [0.2, 0.25) is 0 Å². The van der Waals surface area contributed by atoms with Gasteiger partial charge in [-0.05, 0) is 77.9 Å². The normalized spacial score (nSPS) is 14.1. The summed E-state index contributed by atoms with van der Waals surface area (Å²) in [6.07, 6.45) is 0. The lowest BCUT2D eigenvalue weighted by atomic mass is 10.0. The zero-order valence-corrected chi connectivity index (χ0v) is 20.3. The first-order valence-corrected chi connectivity index (χ1v) is 12.6. The second-order valence-electron chi connectivity index (χ2n) is 9.03. The zero-order chi connectivity index (χ0) is 24.4. The van der Waals surface area contributed by atoms with E-state index in [0.717, 1.165) is 33.4 Å². The summed E-state index contributed by atoms with van der Waals surface area (Å²) in [5, 5.41) is 2.01. The van der Waals surface area contributed by atoms with Gasteiger partial charge in [0.05, 0.1) is 28.2 Å². The molecule has 2 aliphatic heterocycles. The molecule has 0 aliphatic carbocycles. The largest absolute Gasteiger partial charge is 0.308 e. The minimum atomic E-state index is -0.270. The number of hydrogen-bond acceptors (Lipinski definition) is 4. The highest BCUT2D eigenvalue weighted by molar-refractivity contribution is 7.99. The van der Waals surface area contributed by atoms with Crippen molar-refractivity contribution < 1.29 is 9.59 Å². The summed E-state index contributed by atoms with van der Waals surface area (Å²) in [5.74, 6) is -0.531. The van der Waals surface area contributed by atoms with E-state index in [2.05, 4.69) is 71.6 Å². The molecule has 2 aliphatic rings. The van der Waals surface area contributed by atoms with Crippen LogP contribution in [0.15, 0.2) is 113 Å². The number of hydrogen-bond donors (Lipinski definition) is 0. The van der Waals surface area contributed by atoms with E-state index in [4.69, 9.17) is 0 Å². The molecule has 36 heavy (non-hydrogen) atoms. The Morgan fingerprint density at radius 2 is 1.17 bits per heavy atom. The van der Waals surface area contributed by atoms with Crippen LogP contribution in [0.1, 0.15) is 26.3 Å². The predicted octanol–water partition coefficient (Wildman–Crippen LogP) is 7.88. The SMILES string of the molecule is Cc1cccc2c1C(=O)N(c1ccc3cc(N4c5ccccc5Sc5ccccc54)ccc3c1)C2=O. The summed E-state index contributed by atoms with van der Waals surface area (Å²) in [6, 6.07) is 34.4. The lowest BCUT2D eigenvalue weighted by molar-refractivity contribution is 0.0926. The summed E-state index contributed by atoms with van der Waals surface area (Å²) >= 11 is 1.79. The van der Waals surface area contributed by atoms with Crippen molar-refractivity contribution in [1.29, 1.82) is 0 Å². The van der Waals surface area contributed by atoms with Crippen LogP contribution in [0.2, 0.25) is 0 Å². The predicted molar refractivity (Wildman–Crippen MR) is 145 cm³/mol. The monoisotopic (exact) mass is 484 g/mol.